The highest BCUT2D eigenvalue weighted by atomic mass is 79.9. The van der Waals surface area contributed by atoms with Crippen molar-refractivity contribution in [2.75, 3.05) is 5.75 Å². The average Bonchev–Trinajstić information content (AvgIpc) is 2.26. The predicted octanol–water partition coefficient (Wildman–Crippen LogP) is 3.13. The van der Waals surface area contributed by atoms with Gasteiger partial charge in [-0.05, 0) is 34.5 Å². The number of hydrogen-bond acceptors (Lipinski definition) is 3. The first-order valence-electron chi connectivity index (χ1n) is 5.54. The highest BCUT2D eigenvalue weighted by Gasteiger charge is 2.07. The van der Waals surface area contributed by atoms with Crippen molar-refractivity contribution in [1.82, 2.24) is 9.97 Å². The zero-order valence-corrected chi connectivity index (χ0v) is 12.1. The minimum Gasteiger partial charge on any atom is -0.309 e. The fourth-order valence-corrected chi connectivity index (χ4v) is 2.49. The van der Waals surface area contributed by atoms with E-state index in [1.165, 1.54) is 0 Å². The molecular formula is C11H17BrN2OS. The third-order valence-corrected chi connectivity index (χ3v) is 4.05. The third kappa shape index (κ3) is 3.94. The zero-order valence-electron chi connectivity index (χ0n) is 9.68. The molecule has 5 heteroatoms. The van der Waals surface area contributed by atoms with Gasteiger partial charge in [0.25, 0.3) is 5.56 Å². The van der Waals surface area contributed by atoms with Gasteiger partial charge < -0.3 is 4.98 Å². The minimum absolute atomic E-state index is 0.0643. The molecule has 16 heavy (non-hydrogen) atoms. The van der Waals surface area contributed by atoms with Crippen LogP contribution >= 0.6 is 27.7 Å². The van der Waals surface area contributed by atoms with E-state index in [4.69, 9.17) is 0 Å². The lowest BCUT2D eigenvalue weighted by molar-refractivity contribution is 0.835. The molecule has 1 aromatic heterocycles. The predicted molar refractivity (Wildman–Crippen MR) is 73.0 cm³/mol. The van der Waals surface area contributed by atoms with Crippen LogP contribution < -0.4 is 5.56 Å². The second-order valence-electron chi connectivity index (χ2n) is 3.58. The smallest absolute Gasteiger partial charge is 0.265 e. The highest BCUT2D eigenvalue weighted by Crippen LogP contribution is 2.14. The number of aryl methyl sites for hydroxylation is 1. The van der Waals surface area contributed by atoms with E-state index in [2.05, 4.69) is 39.7 Å². The van der Waals surface area contributed by atoms with E-state index in [9.17, 15) is 4.79 Å². The van der Waals surface area contributed by atoms with Crippen molar-refractivity contribution in [1.29, 1.82) is 0 Å². The first-order chi connectivity index (χ1) is 7.69. The number of rotatable bonds is 6. The molecule has 0 aliphatic carbocycles. The summed E-state index contributed by atoms with van der Waals surface area (Å²) >= 11 is 5.08. The highest BCUT2D eigenvalue weighted by molar-refractivity contribution is 9.10. The molecule has 0 atom stereocenters. The van der Waals surface area contributed by atoms with Crippen LogP contribution in [0.2, 0.25) is 0 Å². The van der Waals surface area contributed by atoms with E-state index in [0.717, 1.165) is 42.3 Å². The summed E-state index contributed by atoms with van der Waals surface area (Å²) in [6, 6.07) is 0. The van der Waals surface area contributed by atoms with E-state index in [1.54, 1.807) is 11.8 Å². The van der Waals surface area contributed by atoms with Crippen LogP contribution in [0.1, 0.15) is 38.2 Å². The fourth-order valence-electron chi connectivity index (χ4n) is 1.34. The molecule has 3 nitrogen and oxygen atoms in total. The van der Waals surface area contributed by atoms with Crippen LogP contribution in [0.5, 0.6) is 0 Å². The topological polar surface area (TPSA) is 45.8 Å². The SMILES string of the molecule is CCCSCc1nc(CCC)c(Br)c(=O)[nH]1. The summed E-state index contributed by atoms with van der Waals surface area (Å²) in [7, 11) is 0. The standard InChI is InChI=1S/C11H17BrN2OS/c1-3-5-8-10(12)11(15)14-9(13-8)7-16-6-4-2/h3-7H2,1-2H3,(H,13,14,15). The molecule has 90 valence electrons. The van der Waals surface area contributed by atoms with Gasteiger partial charge in [0, 0.05) is 0 Å². The van der Waals surface area contributed by atoms with Crippen LogP contribution in [0.4, 0.5) is 0 Å². The summed E-state index contributed by atoms with van der Waals surface area (Å²) in [5, 5.41) is 0. The van der Waals surface area contributed by atoms with Gasteiger partial charge in [0.1, 0.15) is 10.3 Å². The van der Waals surface area contributed by atoms with Crippen molar-refractivity contribution in [3.05, 3.63) is 26.3 Å². The molecule has 0 fully saturated rings. The maximum atomic E-state index is 11.6. The molecule has 0 saturated heterocycles. The van der Waals surface area contributed by atoms with Crippen LogP contribution in [0.15, 0.2) is 9.27 Å². The van der Waals surface area contributed by atoms with Gasteiger partial charge in [-0.25, -0.2) is 4.98 Å². The van der Waals surface area contributed by atoms with Crippen LogP contribution in [-0.2, 0) is 12.2 Å². The fraction of sp³-hybridized carbons (Fsp3) is 0.636. The third-order valence-electron chi connectivity index (χ3n) is 2.05. The Kier molecular flexibility index (Phi) is 6.13. The van der Waals surface area contributed by atoms with Crippen molar-refractivity contribution in [2.24, 2.45) is 0 Å². The molecule has 0 unspecified atom stereocenters. The van der Waals surface area contributed by atoms with Crippen molar-refractivity contribution in [3.63, 3.8) is 0 Å². The molecule has 0 radical (unpaired) electrons. The Morgan fingerprint density at radius 3 is 2.75 bits per heavy atom. The first kappa shape index (κ1) is 13.8. The number of halogens is 1. The van der Waals surface area contributed by atoms with Crippen LogP contribution in [-0.4, -0.2) is 15.7 Å². The Hall–Kier alpha value is -0.290. The quantitative estimate of drug-likeness (QED) is 0.821. The lowest BCUT2D eigenvalue weighted by Gasteiger charge is -2.05. The van der Waals surface area contributed by atoms with Crippen LogP contribution in [0.3, 0.4) is 0 Å². The van der Waals surface area contributed by atoms with Gasteiger partial charge >= 0.3 is 0 Å². The van der Waals surface area contributed by atoms with Gasteiger partial charge in [0.2, 0.25) is 0 Å². The average molecular weight is 305 g/mol. The van der Waals surface area contributed by atoms with Crippen LogP contribution in [0.25, 0.3) is 0 Å². The molecule has 0 spiro atoms. The van der Waals surface area contributed by atoms with Gasteiger partial charge in [-0.1, -0.05) is 20.3 Å². The molecule has 0 aliphatic rings. The molecule has 0 aromatic carbocycles. The zero-order chi connectivity index (χ0) is 12.0. The maximum Gasteiger partial charge on any atom is 0.265 e. The number of H-pyrrole nitrogens is 1. The lowest BCUT2D eigenvalue weighted by Crippen LogP contribution is -2.15. The van der Waals surface area contributed by atoms with Gasteiger partial charge in [-0.15, -0.1) is 0 Å². The number of nitrogens with zero attached hydrogens (tertiary/aromatic N) is 1. The summed E-state index contributed by atoms with van der Waals surface area (Å²) in [4.78, 5) is 18.9. The van der Waals surface area contributed by atoms with Crippen molar-refractivity contribution >= 4 is 27.7 Å². The molecular weight excluding hydrogens is 288 g/mol. The van der Waals surface area contributed by atoms with Gasteiger partial charge in [-0.2, -0.15) is 11.8 Å². The van der Waals surface area contributed by atoms with Gasteiger partial charge in [0.15, 0.2) is 0 Å². The summed E-state index contributed by atoms with van der Waals surface area (Å²) in [5.74, 6) is 2.67. The Morgan fingerprint density at radius 1 is 1.38 bits per heavy atom. The van der Waals surface area contributed by atoms with Gasteiger partial charge in [0.05, 0.1) is 11.4 Å². The second kappa shape index (κ2) is 7.12. The summed E-state index contributed by atoms with van der Waals surface area (Å²) in [5.41, 5.74) is 0.809. The Bertz CT molecular complexity index is 392. The first-order valence-corrected chi connectivity index (χ1v) is 7.49. The maximum absolute atomic E-state index is 11.6. The number of thioether (sulfide) groups is 1. The van der Waals surface area contributed by atoms with Crippen molar-refractivity contribution in [3.8, 4) is 0 Å². The molecule has 0 bridgehead atoms. The van der Waals surface area contributed by atoms with E-state index >= 15 is 0 Å². The van der Waals surface area contributed by atoms with Crippen molar-refractivity contribution < 1.29 is 0 Å². The lowest BCUT2D eigenvalue weighted by atomic mass is 10.2. The Morgan fingerprint density at radius 2 is 2.12 bits per heavy atom. The molecule has 0 saturated carbocycles. The summed E-state index contributed by atoms with van der Waals surface area (Å²) in [6.45, 7) is 4.23. The van der Waals surface area contributed by atoms with Crippen LogP contribution in [0, 0.1) is 0 Å². The monoisotopic (exact) mass is 304 g/mol. The Labute approximate surface area is 109 Å². The molecule has 0 aliphatic heterocycles. The molecule has 0 amide bonds. The number of nitrogens with one attached hydrogen (secondary N) is 1. The van der Waals surface area contributed by atoms with Crippen molar-refractivity contribution in [2.45, 2.75) is 38.9 Å². The van der Waals surface area contributed by atoms with E-state index in [0.29, 0.717) is 4.47 Å². The molecule has 1 N–H and O–H groups in total. The normalized spacial score (nSPS) is 10.7. The van der Waals surface area contributed by atoms with Gasteiger partial charge in [-0.3, -0.25) is 4.79 Å². The molecule has 1 heterocycles. The summed E-state index contributed by atoms with van der Waals surface area (Å²) < 4.78 is 0.582. The second-order valence-corrected chi connectivity index (χ2v) is 5.47. The number of aromatic nitrogens is 2. The largest absolute Gasteiger partial charge is 0.309 e. The Balaban J connectivity index is 2.82. The number of aromatic amines is 1. The van der Waals surface area contributed by atoms with E-state index in [1.807, 2.05) is 0 Å². The summed E-state index contributed by atoms with van der Waals surface area (Å²) in [6.07, 6.45) is 2.99. The van der Waals surface area contributed by atoms with E-state index in [-0.39, 0.29) is 5.56 Å². The van der Waals surface area contributed by atoms with E-state index < -0.39 is 0 Å². The minimum atomic E-state index is -0.0643. The molecule has 1 rings (SSSR count). The molecule has 1 aromatic rings. The number of hydrogen-bond donors (Lipinski definition) is 1.